The molecule has 136 valence electrons. The van der Waals surface area contributed by atoms with Crippen LogP contribution in [0.1, 0.15) is 32.8 Å². The number of rotatable bonds is 8. The maximum absolute atomic E-state index is 9.47. The van der Waals surface area contributed by atoms with Crippen LogP contribution in [-0.2, 0) is 6.54 Å². The van der Waals surface area contributed by atoms with Gasteiger partial charge in [0.1, 0.15) is 0 Å². The third kappa shape index (κ3) is 4.85. The quantitative estimate of drug-likeness (QED) is 0.790. The number of hydrogen-bond acceptors (Lipinski definition) is 5. The van der Waals surface area contributed by atoms with Gasteiger partial charge in [-0.1, -0.05) is 19.1 Å². The van der Waals surface area contributed by atoms with Crippen LogP contribution in [0.15, 0.2) is 18.2 Å². The van der Waals surface area contributed by atoms with Crippen molar-refractivity contribution in [2.45, 2.75) is 45.9 Å². The van der Waals surface area contributed by atoms with Crippen molar-refractivity contribution in [2.75, 3.05) is 39.9 Å². The largest absolute Gasteiger partial charge is 0.493 e. The Bertz CT molecular complexity index is 495. The Morgan fingerprint density at radius 2 is 1.88 bits per heavy atom. The second-order valence-electron chi connectivity index (χ2n) is 6.67. The van der Waals surface area contributed by atoms with E-state index in [1.165, 1.54) is 5.56 Å². The van der Waals surface area contributed by atoms with Crippen LogP contribution in [0, 0.1) is 0 Å². The number of nitrogens with zero attached hydrogens (tertiary/aromatic N) is 2. The zero-order chi connectivity index (χ0) is 17.5. The van der Waals surface area contributed by atoms with E-state index < -0.39 is 0 Å². The average molecular weight is 336 g/mol. The molecule has 24 heavy (non-hydrogen) atoms. The van der Waals surface area contributed by atoms with Crippen molar-refractivity contribution < 1.29 is 14.6 Å². The Labute approximate surface area is 146 Å². The molecule has 1 heterocycles. The van der Waals surface area contributed by atoms with Gasteiger partial charge in [0.05, 0.1) is 19.8 Å². The topological polar surface area (TPSA) is 45.2 Å². The number of hydrogen-bond donors (Lipinski definition) is 1. The molecule has 0 bridgehead atoms. The summed E-state index contributed by atoms with van der Waals surface area (Å²) in [5.41, 5.74) is 1.17. The summed E-state index contributed by atoms with van der Waals surface area (Å²) in [6.07, 6.45) is 1.12. The number of ether oxygens (including phenoxy) is 2. The third-order valence-corrected chi connectivity index (χ3v) is 4.63. The highest BCUT2D eigenvalue weighted by molar-refractivity contribution is 5.46. The van der Waals surface area contributed by atoms with Crippen molar-refractivity contribution >= 4 is 0 Å². The molecule has 0 saturated carbocycles. The van der Waals surface area contributed by atoms with Gasteiger partial charge in [-0.15, -0.1) is 0 Å². The van der Waals surface area contributed by atoms with Gasteiger partial charge in [0.2, 0.25) is 0 Å². The van der Waals surface area contributed by atoms with Gasteiger partial charge in [-0.25, -0.2) is 0 Å². The summed E-state index contributed by atoms with van der Waals surface area (Å²) < 4.78 is 11.5. The Hall–Kier alpha value is -1.30. The van der Waals surface area contributed by atoms with Crippen LogP contribution in [0.25, 0.3) is 0 Å². The van der Waals surface area contributed by atoms with Crippen molar-refractivity contribution in [3.8, 4) is 11.5 Å². The highest BCUT2D eigenvalue weighted by Crippen LogP contribution is 2.33. The Balaban J connectivity index is 2.02. The maximum atomic E-state index is 9.47. The molecule has 5 heteroatoms. The van der Waals surface area contributed by atoms with Gasteiger partial charge in [-0.2, -0.15) is 0 Å². The summed E-state index contributed by atoms with van der Waals surface area (Å²) in [5.74, 6) is 1.66. The molecular weight excluding hydrogens is 304 g/mol. The summed E-state index contributed by atoms with van der Waals surface area (Å²) in [7, 11) is 1.69. The van der Waals surface area contributed by atoms with Gasteiger partial charge >= 0.3 is 0 Å². The van der Waals surface area contributed by atoms with Crippen LogP contribution in [0.4, 0.5) is 0 Å². The van der Waals surface area contributed by atoms with E-state index in [1.54, 1.807) is 7.11 Å². The van der Waals surface area contributed by atoms with Gasteiger partial charge in [0.25, 0.3) is 0 Å². The summed E-state index contributed by atoms with van der Waals surface area (Å²) in [4.78, 5) is 4.84. The molecule has 1 atom stereocenters. The monoisotopic (exact) mass is 336 g/mol. The van der Waals surface area contributed by atoms with Gasteiger partial charge in [-0.3, -0.25) is 9.80 Å². The van der Waals surface area contributed by atoms with E-state index >= 15 is 0 Å². The zero-order valence-corrected chi connectivity index (χ0v) is 15.5. The maximum Gasteiger partial charge on any atom is 0.166 e. The van der Waals surface area contributed by atoms with Gasteiger partial charge in [-0.05, 0) is 26.3 Å². The van der Waals surface area contributed by atoms with Crippen molar-refractivity contribution in [3.63, 3.8) is 0 Å². The average Bonchev–Trinajstić information content (AvgIpc) is 2.58. The van der Waals surface area contributed by atoms with Gasteiger partial charge in [0, 0.05) is 44.3 Å². The van der Waals surface area contributed by atoms with Crippen molar-refractivity contribution in [1.29, 1.82) is 0 Å². The molecule has 0 aromatic heterocycles. The highest BCUT2D eigenvalue weighted by atomic mass is 16.5. The minimum Gasteiger partial charge on any atom is -0.493 e. The summed E-state index contributed by atoms with van der Waals surface area (Å²) in [5, 5.41) is 9.47. The van der Waals surface area contributed by atoms with Crippen molar-refractivity contribution in [1.82, 2.24) is 9.80 Å². The molecule has 2 rings (SSSR count). The molecule has 0 amide bonds. The standard InChI is InChI=1S/C19H32N2O3/c1-5-17(14-22)21-11-9-20(10-12-21)13-16-7-6-8-18(23-4)19(16)24-15(2)3/h6-8,15,17,22H,5,9-14H2,1-4H3. The van der Waals surface area contributed by atoms with E-state index in [9.17, 15) is 5.11 Å². The predicted molar refractivity (Wildman–Crippen MR) is 96.8 cm³/mol. The zero-order valence-electron chi connectivity index (χ0n) is 15.5. The van der Waals surface area contributed by atoms with Crippen LogP contribution in [0.3, 0.4) is 0 Å². The number of piperazine rings is 1. The Kier molecular flexibility index (Phi) is 7.34. The first-order valence-electron chi connectivity index (χ1n) is 8.98. The summed E-state index contributed by atoms with van der Waals surface area (Å²) in [6, 6.07) is 6.39. The van der Waals surface area contributed by atoms with Crippen LogP contribution in [0.5, 0.6) is 11.5 Å². The lowest BCUT2D eigenvalue weighted by atomic mass is 10.1. The third-order valence-electron chi connectivity index (χ3n) is 4.63. The molecule has 1 aliphatic heterocycles. The fraction of sp³-hybridized carbons (Fsp3) is 0.684. The van der Waals surface area contributed by atoms with Crippen LogP contribution in [0.2, 0.25) is 0 Å². The lowest BCUT2D eigenvalue weighted by Crippen LogP contribution is -2.50. The lowest BCUT2D eigenvalue weighted by molar-refractivity contribution is 0.0603. The van der Waals surface area contributed by atoms with E-state index in [4.69, 9.17) is 9.47 Å². The van der Waals surface area contributed by atoms with Crippen LogP contribution < -0.4 is 9.47 Å². The first kappa shape index (κ1) is 19.0. The molecule has 1 N–H and O–H groups in total. The fourth-order valence-electron chi connectivity index (χ4n) is 3.25. The second-order valence-corrected chi connectivity index (χ2v) is 6.67. The van der Waals surface area contributed by atoms with E-state index in [0.29, 0.717) is 6.04 Å². The molecule has 1 aromatic carbocycles. The van der Waals surface area contributed by atoms with Crippen LogP contribution in [-0.4, -0.2) is 66.9 Å². The first-order valence-corrected chi connectivity index (χ1v) is 8.98. The Morgan fingerprint density at radius 1 is 1.17 bits per heavy atom. The second kappa shape index (κ2) is 9.25. The first-order chi connectivity index (χ1) is 11.6. The number of aliphatic hydroxyl groups is 1. The normalized spacial score (nSPS) is 17.9. The molecule has 0 aliphatic carbocycles. The number of benzene rings is 1. The van der Waals surface area contributed by atoms with E-state index in [0.717, 1.165) is 50.6 Å². The SMILES string of the molecule is CCC(CO)N1CCN(Cc2cccc(OC)c2OC(C)C)CC1. The van der Waals surface area contributed by atoms with Gasteiger partial charge < -0.3 is 14.6 Å². The van der Waals surface area contributed by atoms with E-state index in [-0.39, 0.29) is 12.7 Å². The molecule has 5 nitrogen and oxygen atoms in total. The molecule has 1 fully saturated rings. The Morgan fingerprint density at radius 3 is 2.42 bits per heavy atom. The number of aliphatic hydroxyl groups excluding tert-OH is 1. The lowest BCUT2D eigenvalue weighted by Gasteiger charge is -2.38. The summed E-state index contributed by atoms with van der Waals surface area (Å²) >= 11 is 0. The predicted octanol–water partition coefficient (Wildman–Crippen LogP) is 2.37. The smallest absolute Gasteiger partial charge is 0.166 e. The minimum absolute atomic E-state index is 0.117. The highest BCUT2D eigenvalue weighted by Gasteiger charge is 2.23. The molecule has 0 radical (unpaired) electrons. The molecule has 1 aromatic rings. The van der Waals surface area contributed by atoms with Crippen molar-refractivity contribution in [2.24, 2.45) is 0 Å². The van der Waals surface area contributed by atoms with Gasteiger partial charge in [0.15, 0.2) is 11.5 Å². The van der Waals surface area contributed by atoms with E-state index in [1.807, 2.05) is 26.0 Å². The van der Waals surface area contributed by atoms with Crippen LogP contribution >= 0.6 is 0 Å². The fourth-order valence-corrected chi connectivity index (χ4v) is 3.25. The number of para-hydroxylation sites is 1. The summed E-state index contributed by atoms with van der Waals surface area (Å²) in [6.45, 7) is 11.3. The minimum atomic E-state index is 0.117. The molecular formula is C19H32N2O3. The molecule has 1 saturated heterocycles. The molecule has 1 aliphatic rings. The number of methoxy groups -OCH3 is 1. The molecule has 0 spiro atoms. The van der Waals surface area contributed by atoms with Crippen molar-refractivity contribution in [3.05, 3.63) is 23.8 Å². The van der Waals surface area contributed by atoms with E-state index in [2.05, 4.69) is 22.8 Å². The molecule has 1 unspecified atom stereocenters.